The van der Waals surface area contributed by atoms with Crippen LogP contribution in [0, 0.1) is 13.8 Å². The van der Waals surface area contributed by atoms with Gasteiger partial charge in [-0.2, -0.15) is 0 Å². The second-order valence-corrected chi connectivity index (χ2v) is 4.56. The van der Waals surface area contributed by atoms with Crippen molar-refractivity contribution in [3.05, 3.63) is 53.7 Å². The van der Waals surface area contributed by atoms with E-state index < -0.39 is 0 Å². The van der Waals surface area contributed by atoms with Gasteiger partial charge in [-0.05, 0) is 37.3 Å². The first-order valence-corrected chi connectivity index (χ1v) is 6.23. The van der Waals surface area contributed by atoms with E-state index in [1.165, 1.54) is 0 Å². The van der Waals surface area contributed by atoms with Gasteiger partial charge in [0.25, 0.3) is 5.91 Å². The summed E-state index contributed by atoms with van der Waals surface area (Å²) in [4.78, 5) is 20.4. The molecule has 0 fully saturated rings. The molecule has 0 saturated carbocycles. The van der Waals surface area contributed by atoms with Crippen LogP contribution in [0.2, 0.25) is 0 Å². The van der Waals surface area contributed by atoms with Gasteiger partial charge in [0.2, 0.25) is 0 Å². The summed E-state index contributed by atoms with van der Waals surface area (Å²) in [5.74, 6) is 0.406. The zero-order valence-corrected chi connectivity index (χ0v) is 11.2. The number of pyridine rings is 1. The Labute approximate surface area is 115 Å². The highest BCUT2D eigenvalue weighted by molar-refractivity contribution is 6.04. The Morgan fingerprint density at radius 3 is 2.80 bits per heavy atom. The van der Waals surface area contributed by atoms with Crippen LogP contribution in [-0.2, 0) is 0 Å². The molecule has 0 aliphatic rings. The Morgan fingerprint density at radius 2 is 2.05 bits per heavy atom. The molecule has 1 amide bonds. The summed E-state index contributed by atoms with van der Waals surface area (Å²) in [7, 11) is 0. The Hall–Kier alpha value is -2.69. The Balaban J connectivity index is 1.84. The monoisotopic (exact) mass is 267 g/mol. The summed E-state index contributed by atoms with van der Waals surface area (Å²) >= 11 is 0. The fraction of sp³-hybridized carbons (Fsp3) is 0.133. The first-order chi connectivity index (χ1) is 9.61. The van der Waals surface area contributed by atoms with E-state index in [0.29, 0.717) is 22.7 Å². The molecule has 0 spiro atoms. The largest absolute Gasteiger partial charge is 0.441 e. The summed E-state index contributed by atoms with van der Waals surface area (Å²) in [6.45, 7) is 3.67. The van der Waals surface area contributed by atoms with Crippen LogP contribution in [0.4, 0.5) is 5.69 Å². The predicted molar refractivity (Wildman–Crippen MR) is 75.7 cm³/mol. The number of fused-ring (bicyclic) bond motifs is 1. The predicted octanol–water partition coefficient (Wildman–Crippen LogP) is 3.09. The molecule has 0 radical (unpaired) electrons. The van der Waals surface area contributed by atoms with Crippen LogP contribution in [0.5, 0.6) is 0 Å². The minimum Gasteiger partial charge on any atom is -0.441 e. The molecule has 0 saturated heterocycles. The highest BCUT2D eigenvalue weighted by Gasteiger charge is 2.08. The number of aryl methyl sites for hydroxylation is 2. The van der Waals surface area contributed by atoms with Crippen LogP contribution in [0.1, 0.15) is 21.9 Å². The molecule has 20 heavy (non-hydrogen) atoms. The van der Waals surface area contributed by atoms with Crippen molar-refractivity contribution in [2.24, 2.45) is 0 Å². The highest BCUT2D eigenvalue weighted by atomic mass is 16.3. The molecular weight excluding hydrogens is 254 g/mol. The minimum absolute atomic E-state index is 0.197. The van der Waals surface area contributed by atoms with Gasteiger partial charge < -0.3 is 9.73 Å². The molecule has 3 rings (SSSR count). The lowest BCUT2D eigenvalue weighted by molar-refractivity contribution is 0.102. The van der Waals surface area contributed by atoms with Crippen LogP contribution < -0.4 is 5.32 Å². The molecule has 2 heterocycles. The smallest absolute Gasteiger partial charge is 0.257 e. The van der Waals surface area contributed by atoms with E-state index in [2.05, 4.69) is 15.3 Å². The summed E-state index contributed by atoms with van der Waals surface area (Å²) in [6.07, 6.45) is 1.56. The van der Waals surface area contributed by atoms with Crippen LogP contribution in [0.15, 0.2) is 40.9 Å². The van der Waals surface area contributed by atoms with Crippen molar-refractivity contribution in [2.45, 2.75) is 13.8 Å². The lowest BCUT2D eigenvalue weighted by Crippen LogP contribution is -2.12. The molecule has 5 nitrogen and oxygen atoms in total. The van der Waals surface area contributed by atoms with Crippen LogP contribution in [-0.4, -0.2) is 15.9 Å². The van der Waals surface area contributed by atoms with Crippen molar-refractivity contribution in [3.8, 4) is 0 Å². The maximum Gasteiger partial charge on any atom is 0.257 e. The van der Waals surface area contributed by atoms with Crippen LogP contribution in [0.3, 0.4) is 0 Å². The molecule has 100 valence electrons. The van der Waals surface area contributed by atoms with Gasteiger partial charge in [-0.15, -0.1) is 0 Å². The highest BCUT2D eigenvalue weighted by Crippen LogP contribution is 2.20. The van der Waals surface area contributed by atoms with Gasteiger partial charge in [-0.25, -0.2) is 4.98 Å². The number of nitrogens with one attached hydrogen (secondary N) is 1. The number of carbonyl (C=O) groups excluding carboxylic acids is 1. The molecule has 0 aliphatic heterocycles. The lowest BCUT2D eigenvalue weighted by Gasteiger charge is -2.04. The van der Waals surface area contributed by atoms with Crippen molar-refractivity contribution >= 4 is 22.7 Å². The third kappa shape index (κ3) is 2.38. The number of nitrogens with zero attached hydrogens (tertiary/aromatic N) is 2. The van der Waals surface area contributed by atoms with Gasteiger partial charge in [0.05, 0.1) is 5.56 Å². The normalized spacial score (nSPS) is 10.7. The maximum atomic E-state index is 12.1. The van der Waals surface area contributed by atoms with Gasteiger partial charge in [0.1, 0.15) is 5.52 Å². The van der Waals surface area contributed by atoms with Gasteiger partial charge >= 0.3 is 0 Å². The number of anilines is 1. The number of hydrogen-bond acceptors (Lipinski definition) is 4. The number of oxazole rings is 1. The van der Waals surface area contributed by atoms with Crippen LogP contribution >= 0.6 is 0 Å². The molecule has 5 heteroatoms. The lowest BCUT2D eigenvalue weighted by atomic mass is 10.2. The van der Waals surface area contributed by atoms with Crippen molar-refractivity contribution in [2.75, 3.05) is 5.32 Å². The van der Waals surface area contributed by atoms with E-state index >= 15 is 0 Å². The zero-order valence-electron chi connectivity index (χ0n) is 11.2. The molecule has 0 atom stereocenters. The van der Waals surface area contributed by atoms with E-state index in [-0.39, 0.29) is 5.91 Å². The average molecular weight is 267 g/mol. The van der Waals surface area contributed by atoms with E-state index in [0.717, 1.165) is 11.2 Å². The van der Waals surface area contributed by atoms with Crippen molar-refractivity contribution in [1.29, 1.82) is 0 Å². The number of amides is 1. The average Bonchev–Trinajstić information content (AvgIpc) is 2.78. The van der Waals surface area contributed by atoms with E-state index in [1.54, 1.807) is 43.5 Å². The number of aromatic nitrogens is 2. The molecule has 3 aromatic rings. The summed E-state index contributed by atoms with van der Waals surface area (Å²) in [6, 6.07) is 8.91. The number of carbonyl (C=O) groups is 1. The topological polar surface area (TPSA) is 68.0 Å². The first-order valence-electron chi connectivity index (χ1n) is 6.23. The number of rotatable bonds is 2. The molecule has 1 aromatic carbocycles. The third-order valence-electron chi connectivity index (χ3n) is 2.93. The summed E-state index contributed by atoms with van der Waals surface area (Å²) in [5, 5.41) is 2.82. The number of hydrogen-bond donors (Lipinski definition) is 1. The molecule has 0 bridgehead atoms. The number of benzene rings is 1. The standard InChI is InChI=1S/C15H13N3O2/c1-9-3-4-11(8-16-9)15(19)18-12-5-6-14-13(7-12)17-10(2)20-14/h3-8H,1-2H3,(H,18,19). The van der Waals surface area contributed by atoms with Gasteiger partial charge in [0.15, 0.2) is 11.5 Å². The summed E-state index contributed by atoms with van der Waals surface area (Å²) < 4.78 is 5.39. The zero-order chi connectivity index (χ0) is 14.1. The maximum absolute atomic E-state index is 12.1. The second-order valence-electron chi connectivity index (χ2n) is 4.56. The second kappa shape index (κ2) is 4.77. The summed E-state index contributed by atoms with van der Waals surface area (Å²) in [5.41, 5.74) is 3.50. The Kier molecular flexibility index (Phi) is 2.95. The van der Waals surface area contributed by atoms with Gasteiger partial charge in [-0.3, -0.25) is 9.78 Å². The van der Waals surface area contributed by atoms with Crippen molar-refractivity contribution in [1.82, 2.24) is 9.97 Å². The van der Waals surface area contributed by atoms with Gasteiger partial charge in [0, 0.05) is 24.5 Å². The molecule has 2 aromatic heterocycles. The molecule has 0 aliphatic carbocycles. The third-order valence-corrected chi connectivity index (χ3v) is 2.93. The fourth-order valence-corrected chi connectivity index (χ4v) is 1.93. The van der Waals surface area contributed by atoms with Crippen molar-refractivity contribution < 1.29 is 9.21 Å². The quantitative estimate of drug-likeness (QED) is 0.774. The van der Waals surface area contributed by atoms with Crippen LogP contribution in [0.25, 0.3) is 11.1 Å². The fourth-order valence-electron chi connectivity index (χ4n) is 1.93. The Morgan fingerprint density at radius 1 is 1.20 bits per heavy atom. The SMILES string of the molecule is Cc1ccc(C(=O)Nc2ccc3oc(C)nc3c2)cn1. The van der Waals surface area contributed by atoms with E-state index in [4.69, 9.17) is 4.42 Å². The Bertz CT molecular complexity index is 775. The van der Waals surface area contributed by atoms with E-state index in [9.17, 15) is 4.79 Å². The first kappa shape index (κ1) is 12.3. The van der Waals surface area contributed by atoms with Gasteiger partial charge in [-0.1, -0.05) is 0 Å². The molecule has 1 N–H and O–H groups in total. The van der Waals surface area contributed by atoms with E-state index in [1.807, 2.05) is 6.92 Å². The molecular formula is C15H13N3O2. The minimum atomic E-state index is -0.197. The van der Waals surface area contributed by atoms with Crippen molar-refractivity contribution in [3.63, 3.8) is 0 Å². The molecule has 0 unspecified atom stereocenters.